The Kier molecular flexibility index (Phi) is 9.33. The maximum Gasteiger partial charge on any atom is 0.410 e. The van der Waals surface area contributed by atoms with Crippen LogP contribution in [0.1, 0.15) is 55.9 Å². The molecule has 0 radical (unpaired) electrons. The molecule has 1 saturated heterocycles. The number of ether oxygens (including phenoxy) is 2. The van der Waals surface area contributed by atoms with Crippen LogP contribution in [0.25, 0.3) is 11.3 Å². The summed E-state index contributed by atoms with van der Waals surface area (Å²) in [4.78, 5) is 28.3. The first-order valence-electron chi connectivity index (χ1n) is 15.3. The summed E-state index contributed by atoms with van der Waals surface area (Å²) >= 11 is 0. The maximum atomic E-state index is 14.6. The van der Waals surface area contributed by atoms with Crippen molar-refractivity contribution in [3.05, 3.63) is 94.4 Å². The van der Waals surface area contributed by atoms with E-state index in [1.54, 1.807) is 20.8 Å². The number of hydrogen-bond donors (Lipinski definition) is 1. The molecule has 5 rings (SSSR count). The molecular formula is C35H38F3N5O4. The minimum atomic E-state index is -1.33. The van der Waals surface area contributed by atoms with Gasteiger partial charge >= 0.3 is 6.09 Å². The average Bonchev–Trinajstić information content (AvgIpc) is 3.48. The van der Waals surface area contributed by atoms with Gasteiger partial charge in [0.15, 0.2) is 11.6 Å². The van der Waals surface area contributed by atoms with Gasteiger partial charge in [0.1, 0.15) is 34.2 Å². The van der Waals surface area contributed by atoms with E-state index in [1.165, 1.54) is 15.8 Å². The monoisotopic (exact) mass is 649 g/mol. The van der Waals surface area contributed by atoms with Crippen molar-refractivity contribution in [1.82, 2.24) is 25.2 Å². The van der Waals surface area contributed by atoms with Gasteiger partial charge in [-0.2, -0.15) is 0 Å². The molecule has 2 heterocycles. The van der Waals surface area contributed by atoms with E-state index in [4.69, 9.17) is 9.47 Å². The van der Waals surface area contributed by atoms with Crippen molar-refractivity contribution in [3.8, 4) is 22.8 Å². The molecule has 9 nitrogen and oxygen atoms in total. The number of likely N-dealkylation sites (tertiary alicyclic amines) is 1. The molecular weight excluding hydrogens is 611 g/mol. The van der Waals surface area contributed by atoms with Crippen LogP contribution in [-0.2, 0) is 21.6 Å². The first kappa shape index (κ1) is 33.5. The number of rotatable bonds is 7. The fraction of sp³-hybridized carbons (Fsp3) is 0.371. The Hall–Kier alpha value is -4.87. The molecule has 12 heteroatoms. The minimum Gasteiger partial charge on any atom is -0.457 e. The number of aromatic nitrogens is 3. The van der Waals surface area contributed by atoms with E-state index in [9.17, 15) is 22.8 Å². The van der Waals surface area contributed by atoms with Gasteiger partial charge in [0, 0.05) is 31.3 Å². The van der Waals surface area contributed by atoms with Crippen molar-refractivity contribution >= 4 is 12.0 Å². The van der Waals surface area contributed by atoms with Crippen LogP contribution < -0.4 is 10.1 Å². The number of carbonyl (C=O) groups excluding carboxylic acids is 2. The minimum absolute atomic E-state index is 0.0711. The second-order valence-corrected chi connectivity index (χ2v) is 13.0. The Morgan fingerprint density at radius 2 is 1.57 bits per heavy atom. The molecule has 0 bridgehead atoms. The first-order valence-corrected chi connectivity index (χ1v) is 15.3. The van der Waals surface area contributed by atoms with Crippen molar-refractivity contribution in [2.75, 3.05) is 13.1 Å². The van der Waals surface area contributed by atoms with E-state index in [0.717, 1.165) is 28.0 Å². The second kappa shape index (κ2) is 13.1. The van der Waals surface area contributed by atoms with Gasteiger partial charge in [0.25, 0.3) is 0 Å². The Morgan fingerprint density at radius 3 is 2.21 bits per heavy atom. The summed E-state index contributed by atoms with van der Waals surface area (Å²) in [7, 11) is 0. The van der Waals surface area contributed by atoms with E-state index >= 15 is 0 Å². The zero-order chi connectivity index (χ0) is 34.1. The molecule has 1 N–H and O–H groups in total. The summed E-state index contributed by atoms with van der Waals surface area (Å²) in [6.45, 7) is 11.8. The van der Waals surface area contributed by atoms with Crippen LogP contribution in [0, 0.1) is 38.2 Å². The van der Waals surface area contributed by atoms with E-state index in [-0.39, 0.29) is 43.7 Å². The number of amides is 2. The van der Waals surface area contributed by atoms with E-state index in [2.05, 4.69) is 21.7 Å². The lowest BCUT2D eigenvalue weighted by Crippen LogP contribution is -2.56. The normalized spacial score (nSPS) is 14.5. The molecule has 1 aliphatic heterocycles. The Bertz CT molecular complexity index is 1790. The van der Waals surface area contributed by atoms with Gasteiger partial charge in [-0.3, -0.25) is 4.79 Å². The number of nitrogens with one attached hydrogen (secondary N) is 1. The smallest absolute Gasteiger partial charge is 0.410 e. The third kappa shape index (κ3) is 7.58. The van der Waals surface area contributed by atoms with Crippen molar-refractivity contribution in [2.24, 2.45) is 0 Å². The van der Waals surface area contributed by atoms with Gasteiger partial charge in [-0.05, 0) is 101 Å². The largest absolute Gasteiger partial charge is 0.457 e. The number of benzene rings is 3. The number of hydrogen-bond acceptors (Lipinski definition) is 6. The molecule has 248 valence electrons. The lowest BCUT2D eigenvalue weighted by Gasteiger charge is -2.40. The quantitative estimate of drug-likeness (QED) is 0.214. The highest BCUT2D eigenvalue weighted by Gasteiger charge is 2.46. The summed E-state index contributed by atoms with van der Waals surface area (Å²) < 4.78 is 55.1. The molecule has 0 atom stereocenters. The lowest BCUT2D eigenvalue weighted by molar-refractivity contribution is -0.133. The highest BCUT2D eigenvalue weighted by atomic mass is 19.2. The number of halogens is 3. The van der Waals surface area contributed by atoms with Crippen molar-refractivity contribution < 1.29 is 32.2 Å². The van der Waals surface area contributed by atoms with Gasteiger partial charge in [0.05, 0.1) is 6.20 Å². The van der Waals surface area contributed by atoms with Crippen molar-refractivity contribution in [1.29, 1.82) is 0 Å². The topological polar surface area (TPSA) is 98.6 Å². The summed E-state index contributed by atoms with van der Waals surface area (Å²) in [5.41, 5.74) is 1.51. The molecule has 47 heavy (non-hydrogen) atoms. The van der Waals surface area contributed by atoms with Gasteiger partial charge in [0.2, 0.25) is 5.91 Å². The molecule has 0 unspecified atom stereocenters. The fourth-order valence-corrected chi connectivity index (χ4v) is 5.66. The van der Waals surface area contributed by atoms with E-state index in [1.807, 2.05) is 51.1 Å². The molecule has 1 fully saturated rings. The third-order valence-electron chi connectivity index (χ3n) is 8.00. The molecule has 4 aromatic rings. The van der Waals surface area contributed by atoms with E-state index in [0.29, 0.717) is 17.9 Å². The maximum absolute atomic E-state index is 14.6. The highest BCUT2D eigenvalue weighted by molar-refractivity contribution is 5.85. The third-order valence-corrected chi connectivity index (χ3v) is 8.00. The van der Waals surface area contributed by atoms with Crippen molar-refractivity contribution in [2.45, 2.75) is 72.1 Å². The number of carbonyl (C=O) groups is 2. The van der Waals surface area contributed by atoms with Gasteiger partial charge in [-0.15, -0.1) is 5.10 Å². The van der Waals surface area contributed by atoms with Crippen LogP contribution in [0.15, 0.2) is 54.7 Å². The van der Waals surface area contributed by atoms with Gasteiger partial charge in [-0.25, -0.2) is 22.6 Å². The second-order valence-electron chi connectivity index (χ2n) is 13.0. The molecule has 3 aromatic carbocycles. The zero-order valence-electron chi connectivity index (χ0n) is 27.3. The SMILES string of the molecule is Cc1cc(C)cc(Oc2ccc(CNC(=O)C3(n4cc(-c5cc(F)c(F)cc5F)nn4)CCN(C(=O)OC(C)(C)C)CC3)cc2C)c1. The number of piperidine rings is 1. The van der Waals surface area contributed by atoms with Crippen LogP contribution in [0.5, 0.6) is 11.5 Å². The lowest BCUT2D eigenvalue weighted by atomic mass is 9.86. The van der Waals surface area contributed by atoms with Crippen molar-refractivity contribution in [3.63, 3.8) is 0 Å². The first-order chi connectivity index (χ1) is 22.1. The fourth-order valence-electron chi connectivity index (χ4n) is 5.66. The molecule has 1 aliphatic rings. The molecule has 0 saturated carbocycles. The Morgan fingerprint density at radius 1 is 0.915 bits per heavy atom. The van der Waals surface area contributed by atoms with E-state index < -0.39 is 40.6 Å². The molecule has 0 aliphatic carbocycles. The number of aryl methyl sites for hydroxylation is 3. The highest BCUT2D eigenvalue weighted by Crippen LogP contribution is 2.34. The van der Waals surface area contributed by atoms with Crippen LogP contribution >= 0.6 is 0 Å². The van der Waals surface area contributed by atoms with Crippen LogP contribution in [-0.4, -0.2) is 50.6 Å². The zero-order valence-corrected chi connectivity index (χ0v) is 27.3. The predicted molar refractivity (Wildman–Crippen MR) is 169 cm³/mol. The Balaban J connectivity index is 1.37. The Labute approximate surface area is 271 Å². The summed E-state index contributed by atoms with van der Waals surface area (Å²) in [6.07, 6.45) is 1.11. The number of nitrogens with zero attached hydrogens (tertiary/aromatic N) is 4. The summed E-state index contributed by atoms with van der Waals surface area (Å²) in [6, 6.07) is 12.8. The van der Waals surface area contributed by atoms with Crippen LogP contribution in [0.4, 0.5) is 18.0 Å². The van der Waals surface area contributed by atoms with Gasteiger partial charge < -0.3 is 19.7 Å². The molecule has 2 amide bonds. The standard InChI is InChI=1S/C35H38F3N5O4/c1-21-13-22(2)15-25(14-21)46-31-8-7-24(16-23(31)3)19-39-32(44)35(9-11-42(12-10-35)33(45)47-34(4,5)6)43-20-30(40-41-43)26-17-28(37)29(38)18-27(26)36/h7-8,13-18,20H,9-12,19H2,1-6H3,(H,39,44). The summed E-state index contributed by atoms with van der Waals surface area (Å²) in [5, 5.41) is 11.1. The predicted octanol–water partition coefficient (Wildman–Crippen LogP) is 7.12. The average molecular weight is 650 g/mol. The molecule has 1 aromatic heterocycles. The van der Waals surface area contributed by atoms with Gasteiger partial charge in [-0.1, -0.05) is 23.4 Å². The van der Waals surface area contributed by atoms with Crippen LogP contribution in [0.3, 0.4) is 0 Å². The summed E-state index contributed by atoms with van der Waals surface area (Å²) in [5.74, 6) is -2.55. The van der Waals surface area contributed by atoms with Crippen LogP contribution in [0.2, 0.25) is 0 Å². The molecule has 0 spiro atoms.